The first-order chi connectivity index (χ1) is 9.54. The molecule has 0 fully saturated rings. The second-order valence-corrected chi connectivity index (χ2v) is 7.32. The van der Waals surface area contributed by atoms with Gasteiger partial charge in [-0.3, -0.25) is 0 Å². The SMILES string of the molecule is NC(CSc1cccc(Br)c1)Cc1cc(Cl)ccc1Cl. The Labute approximate surface area is 142 Å². The van der Waals surface area contributed by atoms with Crippen molar-refractivity contribution in [2.45, 2.75) is 17.4 Å². The molecule has 2 aromatic carbocycles. The average molecular weight is 391 g/mol. The summed E-state index contributed by atoms with van der Waals surface area (Å²) in [7, 11) is 0. The van der Waals surface area contributed by atoms with Crippen LogP contribution in [-0.4, -0.2) is 11.8 Å². The number of hydrogen-bond donors (Lipinski definition) is 1. The summed E-state index contributed by atoms with van der Waals surface area (Å²) >= 11 is 17.3. The summed E-state index contributed by atoms with van der Waals surface area (Å²) in [6.07, 6.45) is 0.723. The molecule has 0 saturated heterocycles. The maximum absolute atomic E-state index is 6.18. The molecule has 2 N–H and O–H groups in total. The lowest BCUT2D eigenvalue weighted by atomic mass is 10.1. The molecule has 2 rings (SSSR count). The Bertz CT molecular complexity index is 592. The summed E-state index contributed by atoms with van der Waals surface area (Å²) in [6.45, 7) is 0. The third-order valence-corrected chi connectivity index (χ3v) is 5.03. The number of rotatable bonds is 5. The van der Waals surface area contributed by atoms with Crippen LogP contribution in [0.5, 0.6) is 0 Å². The Morgan fingerprint density at radius 2 is 1.95 bits per heavy atom. The van der Waals surface area contributed by atoms with Crippen LogP contribution in [-0.2, 0) is 6.42 Å². The van der Waals surface area contributed by atoms with Crippen molar-refractivity contribution in [1.29, 1.82) is 0 Å². The minimum Gasteiger partial charge on any atom is -0.327 e. The first-order valence-electron chi connectivity index (χ1n) is 6.12. The third-order valence-electron chi connectivity index (χ3n) is 2.75. The highest BCUT2D eigenvalue weighted by molar-refractivity contribution is 9.10. The average Bonchev–Trinajstić information content (AvgIpc) is 2.41. The van der Waals surface area contributed by atoms with Crippen LogP contribution in [0.4, 0.5) is 0 Å². The van der Waals surface area contributed by atoms with Crippen molar-refractivity contribution < 1.29 is 0 Å². The zero-order chi connectivity index (χ0) is 14.5. The molecule has 0 spiro atoms. The van der Waals surface area contributed by atoms with Gasteiger partial charge in [0, 0.05) is 31.2 Å². The molecule has 0 amide bonds. The van der Waals surface area contributed by atoms with E-state index in [-0.39, 0.29) is 6.04 Å². The minimum absolute atomic E-state index is 0.0370. The predicted octanol–water partition coefficient (Wildman–Crippen LogP) is 5.42. The monoisotopic (exact) mass is 389 g/mol. The molecule has 0 aliphatic carbocycles. The molecule has 0 radical (unpaired) electrons. The van der Waals surface area contributed by atoms with Gasteiger partial charge in [-0.25, -0.2) is 0 Å². The second-order valence-electron chi connectivity index (χ2n) is 4.47. The smallest absolute Gasteiger partial charge is 0.0439 e. The van der Waals surface area contributed by atoms with E-state index in [1.807, 2.05) is 24.3 Å². The second kappa shape index (κ2) is 7.71. The Morgan fingerprint density at radius 1 is 1.15 bits per heavy atom. The van der Waals surface area contributed by atoms with Crippen molar-refractivity contribution >= 4 is 50.9 Å². The van der Waals surface area contributed by atoms with Gasteiger partial charge in [0.15, 0.2) is 0 Å². The van der Waals surface area contributed by atoms with Gasteiger partial charge in [-0.15, -0.1) is 11.8 Å². The summed E-state index contributed by atoms with van der Waals surface area (Å²) in [6, 6.07) is 13.7. The molecule has 0 heterocycles. The van der Waals surface area contributed by atoms with Crippen LogP contribution in [0.3, 0.4) is 0 Å². The summed E-state index contributed by atoms with van der Waals surface area (Å²) < 4.78 is 1.08. The Balaban J connectivity index is 1.92. The van der Waals surface area contributed by atoms with Gasteiger partial charge in [0.25, 0.3) is 0 Å². The van der Waals surface area contributed by atoms with Crippen molar-refractivity contribution in [3.8, 4) is 0 Å². The van der Waals surface area contributed by atoms with Gasteiger partial charge >= 0.3 is 0 Å². The van der Waals surface area contributed by atoms with E-state index in [2.05, 4.69) is 28.1 Å². The molecule has 1 nitrogen and oxygen atoms in total. The van der Waals surface area contributed by atoms with Crippen LogP contribution < -0.4 is 5.73 Å². The fourth-order valence-electron chi connectivity index (χ4n) is 1.80. The minimum atomic E-state index is 0.0370. The fourth-order valence-corrected chi connectivity index (χ4v) is 3.65. The van der Waals surface area contributed by atoms with Crippen molar-refractivity contribution in [1.82, 2.24) is 0 Å². The molecule has 0 saturated carbocycles. The Morgan fingerprint density at radius 3 is 2.70 bits per heavy atom. The Hall–Kier alpha value is -0.190. The van der Waals surface area contributed by atoms with Gasteiger partial charge in [-0.1, -0.05) is 45.2 Å². The predicted molar refractivity (Wildman–Crippen MR) is 93.0 cm³/mol. The van der Waals surface area contributed by atoms with Gasteiger partial charge in [0.05, 0.1) is 0 Å². The van der Waals surface area contributed by atoms with E-state index in [0.29, 0.717) is 5.02 Å². The van der Waals surface area contributed by atoms with Crippen LogP contribution >= 0.6 is 50.9 Å². The van der Waals surface area contributed by atoms with Crippen LogP contribution in [0.25, 0.3) is 0 Å². The molecule has 0 aliphatic rings. The molecule has 20 heavy (non-hydrogen) atoms. The molecule has 0 aliphatic heterocycles. The van der Waals surface area contributed by atoms with Crippen LogP contribution in [0.2, 0.25) is 10.0 Å². The van der Waals surface area contributed by atoms with Crippen LogP contribution in [0.15, 0.2) is 51.8 Å². The summed E-state index contributed by atoms with van der Waals surface area (Å²) in [5.41, 5.74) is 7.18. The first kappa shape index (κ1) is 16.2. The normalized spacial score (nSPS) is 12.4. The van der Waals surface area contributed by atoms with Gasteiger partial charge in [-0.05, 0) is 48.4 Å². The van der Waals surface area contributed by atoms with E-state index >= 15 is 0 Å². The number of benzene rings is 2. The number of thioether (sulfide) groups is 1. The number of nitrogens with two attached hydrogens (primary N) is 1. The van der Waals surface area contributed by atoms with Crippen molar-refractivity contribution in [3.63, 3.8) is 0 Å². The standard InChI is InChI=1S/C15H14BrCl2NS/c16-11-2-1-3-14(8-11)20-9-13(19)7-10-6-12(17)4-5-15(10)18/h1-6,8,13H,7,9,19H2. The maximum atomic E-state index is 6.18. The molecule has 1 atom stereocenters. The quantitative estimate of drug-likeness (QED) is 0.690. The highest BCUT2D eigenvalue weighted by atomic mass is 79.9. The molecular weight excluding hydrogens is 377 g/mol. The summed E-state index contributed by atoms with van der Waals surface area (Å²) in [4.78, 5) is 1.20. The number of hydrogen-bond acceptors (Lipinski definition) is 2. The maximum Gasteiger partial charge on any atom is 0.0439 e. The molecule has 5 heteroatoms. The van der Waals surface area contributed by atoms with Crippen molar-refractivity contribution in [2.24, 2.45) is 5.73 Å². The van der Waals surface area contributed by atoms with E-state index in [1.165, 1.54) is 4.90 Å². The molecular formula is C15H14BrCl2NS. The molecule has 106 valence electrons. The van der Waals surface area contributed by atoms with Gasteiger partial charge < -0.3 is 5.73 Å². The molecule has 1 unspecified atom stereocenters. The van der Waals surface area contributed by atoms with E-state index < -0.39 is 0 Å². The zero-order valence-corrected chi connectivity index (χ0v) is 14.6. The van der Waals surface area contributed by atoms with E-state index in [9.17, 15) is 0 Å². The highest BCUT2D eigenvalue weighted by Crippen LogP contribution is 2.25. The van der Waals surface area contributed by atoms with Crippen molar-refractivity contribution in [3.05, 3.63) is 62.5 Å². The van der Waals surface area contributed by atoms with Crippen LogP contribution in [0, 0.1) is 0 Å². The zero-order valence-electron chi connectivity index (χ0n) is 10.7. The van der Waals surface area contributed by atoms with E-state index in [4.69, 9.17) is 28.9 Å². The summed E-state index contributed by atoms with van der Waals surface area (Å²) in [5.74, 6) is 0.833. The van der Waals surface area contributed by atoms with Gasteiger partial charge in [0.2, 0.25) is 0 Å². The largest absolute Gasteiger partial charge is 0.327 e. The lowest BCUT2D eigenvalue weighted by Gasteiger charge is -2.13. The molecule has 0 bridgehead atoms. The third kappa shape index (κ3) is 4.97. The topological polar surface area (TPSA) is 26.0 Å². The van der Waals surface area contributed by atoms with Gasteiger partial charge in [0.1, 0.15) is 0 Å². The van der Waals surface area contributed by atoms with Crippen molar-refractivity contribution in [2.75, 3.05) is 5.75 Å². The molecule has 0 aromatic heterocycles. The number of halogens is 3. The van der Waals surface area contributed by atoms with E-state index in [0.717, 1.165) is 27.2 Å². The summed E-state index contributed by atoms with van der Waals surface area (Å²) in [5, 5.41) is 1.41. The molecule has 2 aromatic rings. The first-order valence-corrected chi connectivity index (χ1v) is 8.66. The lowest BCUT2D eigenvalue weighted by Crippen LogP contribution is -2.25. The van der Waals surface area contributed by atoms with Crippen LogP contribution in [0.1, 0.15) is 5.56 Å². The van der Waals surface area contributed by atoms with E-state index in [1.54, 1.807) is 17.8 Å². The Kier molecular flexibility index (Phi) is 6.24. The fraction of sp³-hybridized carbons (Fsp3) is 0.200. The van der Waals surface area contributed by atoms with Gasteiger partial charge in [-0.2, -0.15) is 0 Å². The highest BCUT2D eigenvalue weighted by Gasteiger charge is 2.09. The lowest BCUT2D eigenvalue weighted by molar-refractivity contribution is 0.749.